The highest BCUT2D eigenvalue weighted by Gasteiger charge is 2.23. The lowest BCUT2D eigenvalue weighted by atomic mass is 10.1. The molecule has 282 valence electrons. The summed E-state index contributed by atoms with van der Waals surface area (Å²) in [5.74, 6) is -6.52. The third kappa shape index (κ3) is 16.9. The van der Waals surface area contributed by atoms with Crippen LogP contribution in [0.3, 0.4) is 0 Å². The molecule has 8 N–H and O–H groups in total. The van der Waals surface area contributed by atoms with E-state index in [4.69, 9.17) is 0 Å². The lowest BCUT2D eigenvalue weighted by Crippen LogP contribution is -2.45. The Morgan fingerprint density at radius 3 is 1.12 bits per heavy atom. The summed E-state index contributed by atoms with van der Waals surface area (Å²) in [7, 11) is 0. The van der Waals surface area contributed by atoms with E-state index in [1.807, 2.05) is 0 Å². The molecule has 0 saturated carbocycles. The van der Waals surface area contributed by atoms with Crippen LogP contribution in [0.2, 0.25) is 0 Å². The molecule has 0 spiro atoms. The molecular formula is C30H40N10O12. The fourth-order valence-electron chi connectivity index (χ4n) is 4.12. The fraction of sp³-hybridized carbons (Fsp3) is 0.467. The minimum Gasteiger partial charge on any atom is -0.353 e. The van der Waals surface area contributed by atoms with E-state index in [1.165, 1.54) is 0 Å². The zero-order valence-electron chi connectivity index (χ0n) is 28.0. The molecule has 0 radical (unpaired) electrons. The first kappa shape index (κ1) is 41.8. The lowest BCUT2D eigenvalue weighted by molar-refractivity contribution is -0.138. The fourth-order valence-corrected chi connectivity index (χ4v) is 4.12. The lowest BCUT2D eigenvalue weighted by Gasteiger charge is -2.14. The molecule has 0 atom stereocenters. The molecule has 2 aliphatic rings. The molecule has 2 rings (SSSR count). The van der Waals surface area contributed by atoms with Gasteiger partial charge in [-0.3, -0.25) is 67.3 Å². The van der Waals surface area contributed by atoms with Gasteiger partial charge >= 0.3 is 0 Å². The van der Waals surface area contributed by atoms with Crippen molar-refractivity contribution in [1.29, 1.82) is 0 Å². The van der Waals surface area contributed by atoms with Crippen LogP contribution in [0.15, 0.2) is 24.3 Å². The molecule has 0 fully saturated rings. The number of hydrogen-bond acceptors (Lipinski definition) is 13. The number of Topliss-reactive ketones (excluding diaryl/α,β-unsaturated/α-hetero) is 1. The summed E-state index contributed by atoms with van der Waals surface area (Å²) in [6.45, 7) is -2.69. The van der Waals surface area contributed by atoms with Crippen molar-refractivity contribution in [3.63, 3.8) is 0 Å². The largest absolute Gasteiger partial charge is 0.353 e. The third-order valence-corrected chi connectivity index (χ3v) is 6.81. The Labute approximate surface area is 296 Å². The van der Waals surface area contributed by atoms with Gasteiger partial charge in [-0.1, -0.05) is 0 Å². The van der Waals surface area contributed by atoms with Crippen LogP contribution in [-0.4, -0.2) is 153 Å². The van der Waals surface area contributed by atoms with Gasteiger partial charge in [0.15, 0.2) is 0 Å². The standard InChI is InChI=1S/C30H40N10O12/c41-19(12-31-13-21(43)35-17-25(47)36-14-22(44)32-8-10-39-27(49)4-5-28(39)50)2-1-3-20(42)34-16-24(46)38-18-26(48)37-15-23(45)33-9-11-40-29(51)6-7-30(40)52/h4-7,31H,1-3,8-18H2,(H,32,44)(H,33,45)(H,34,42)(H,35,43)(H,36,47)(H,37,48)(H,38,46). The summed E-state index contributed by atoms with van der Waals surface area (Å²) in [6, 6.07) is 0. The topological polar surface area (TPSA) is 308 Å². The highest BCUT2D eigenvalue weighted by Crippen LogP contribution is 2.02. The number of nitrogens with zero attached hydrogens (tertiary/aromatic N) is 2. The predicted molar refractivity (Wildman–Crippen MR) is 175 cm³/mol. The number of imide groups is 2. The summed E-state index contributed by atoms with van der Waals surface area (Å²) >= 11 is 0. The molecule has 2 heterocycles. The molecule has 0 bridgehead atoms. The van der Waals surface area contributed by atoms with Gasteiger partial charge in [0, 0.05) is 63.3 Å². The maximum Gasteiger partial charge on any atom is 0.253 e. The summed E-state index contributed by atoms with van der Waals surface area (Å²) in [5.41, 5.74) is 0. The first-order valence-electron chi connectivity index (χ1n) is 15.9. The second-order valence-corrected chi connectivity index (χ2v) is 10.9. The Morgan fingerprint density at radius 2 is 0.731 bits per heavy atom. The molecule has 0 aromatic heterocycles. The maximum absolute atomic E-state index is 12.0. The van der Waals surface area contributed by atoms with E-state index < -0.39 is 97.7 Å². The SMILES string of the molecule is O=C(CCCC(=O)NCC(=O)NCC(=O)NCC(=O)NCCN1C(=O)C=CC1=O)CNCC(=O)NCC(=O)NCC(=O)NCCN1C(=O)C=CC1=O. The van der Waals surface area contributed by atoms with E-state index >= 15 is 0 Å². The predicted octanol–water partition coefficient (Wildman–Crippen LogP) is -7.02. The normalized spacial score (nSPS) is 13.2. The van der Waals surface area contributed by atoms with E-state index in [9.17, 15) is 57.5 Å². The van der Waals surface area contributed by atoms with Crippen LogP contribution < -0.4 is 42.5 Å². The van der Waals surface area contributed by atoms with Crippen LogP contribution in [-0.2, 0) is 57.5 Å². The van der Waals surface area contributed by atoms with E-state index in [0.717, 1.165) is 34.1 Å². The Balaban J connectivity index is 1.42. The van der Waals surface area contributed by atoms with Crippen LogP contribution in [0.1, 0.15) is 19.3 Å². The smallest absolute Gasteiger partial charge is 0.253 e. The molecule has 0 unspecified atom stereocenters. The highest BCUT2D eigenvalue weighted by molar-refractivity contribution is 6.13. The van der Waals surface area contributed by atoms with Gasteiger partial charge in [-0.25, -0.2) is 0 Å². The second-order valence-electron chi connectivity index (χ2n) is 10.9. The van der Waals surface area contributed by atoms with Crippen LogP contribution in [0, 0.1) is 0 Å². The van der Waals surface area contributed by atoms with Gasteiger partial charge in [0.2, 0.25) is 41.4 Å². The zero-order chi connectivity index (χ0) is 38.5. The summed E-state index contributed by atoms with van der Waals surface area (Å²) in [6.07, 6.45) is 4.54. The van der Waals surface area contributed by atoms with Crippen molar-refractivity contribution >= 4 is 70.8 Å². The number of nitrogens with one attached hydrogen (secondary N) is 8. The Morgan fingerprint density at radius 1 is 0.404 bits per heavy atom. The molecule has 0 aromatic rings. The second kappa shape index (κ2) is 22.4. The minimum atomic E-state index is -0.680. The number of carbonyl (C=O) groups is 12. The molecule has 22 heteroatoms. The van der Waals surface area contributed by atoms with Crippen LogP contribution in [0.5, 0.6) is 0 Å². The van der Waals surface area contributed by atoms with Crippen molar-refractivity contribution in [2.24, 2.45) is 0 Å². The summed E-state index contributed by atoms with van der Waals surface area (Å²) < 4.78 is 0. The first-order chi connectivity index (χ1) is 24.7. The minimum absolute atomic E-state index is 0.000296. The van der Waals surface area contributed by atoms with Crippen molar-refractivity contribution in [1.82, 2.24) is 52.3 Å². The monoisotopic (exact) mass is 732 g/mol. The molecule has 2 aliphatic heterocycles. The average Bonchev–Trinajstić information content (AvgIpc) is 3.60. The van der Waals surface area contributed by atoms with Crippen molar-refractivity contribution in [2.45, 2.75) is 19.3 Å². The van der Waals surface area contributed by atoms with Gasteiger partial charge in [-0.05, 0) is 6.42 Å². The van der Waals surface area contributed by atoms with Crippen LogP contribution in [0.4, 0.5) is 0 Å². The number of hydrogen-bond donors (Lipinski definition) is 8. The van der Waals surface area contributed by atoms with Crippen molar-refractivity contribution in [2.75, 3.05) is 72.0 Å². The third-order valence-electron chi connectivity index (χ3n) is 6.81. The van der Waals surface area contributed by atoms with E-state index in [1.54, 1.807) is 0 Å². The quantitative estimate of drug-likeness (QED) is 0.0429. The van der Waals surface area contributed by atoms with Crippen molar-refractivity contribution in [3.8, 4) is 0 Å². The van der Waals surface area contributed by atoms with Gasteiger partial charge in [-0.2, -0.15) is 0 Å². The van der Waals surface area contributed by atoms with E-state index in [2.05, 4.69) is 42.5 Å². The van der Waals surface area contributed by atoms with Crippen molar-refractivity contribution < 1.29 is 57.5 Å². The maximum atomic E-state index is 12.0. The Bertz CT molecular complexity index is 1470. The van der Waals surface area contributed by atoms with E-state index in [0.29, 0.717) is 0 Å². The number of amides is 11. The summed E-state index contributed by atoms with van der Waals surface area (Å²) in [4.78, 5) is 143. The molecule has 22 nitrogen and oxygen atoms in total. The highest BCUT2D eigenvalue weighted by atomic mass is 16.2. The van der Waals surface area contributed by atoms with Crippen LogP contribution in [0.25, 0.3) is 0 Å². The number of ketones is 1. The molecule has 0 aromatic carbocycles. The van der Waals surface area contributed by atoms with Gasteiger partial charge < -0.3 is 42.5 Å². The van der Waals surface area contributed by atoms with Gasteiger partial charge in [0.1, 0.15) is 5.78 Å². The molecular weight excluding hydrogens is 692 g/mol. The summed E-state index contributed by atoms with van der Waals surface area (Å²) in [5, 5.41) is 18.9. The zero-order valence-corrected chi connectivity index (χ0v) is 28.0. The molecule has 0 aliphatic carbocycles. The van der Waals surface area contributed by atoms with Gasteiger partial charge in [0.05, 0.1) is 45.8 Å². The Hall–Kier alpha value is -6.32. The first-order valence-corrected chi connectivity index (χ1v) is 15.9. The average molecular weight is 733 g/mol. The van der Waals surface area contributed by atoms with Crippen LogP contribution >= 0.6 is 0 Å². The molecule has 52 heavy (non-hydrogen) atoms. The van der Waals surface area contributed by atoms with Crippen molar-refractivity contribution in [3.05, 3.63) is 24.3 Å². The molecule has 0 saturated heterocycles. The van der Waals surface area contributed by atoms with Gasteiger partial charge in [-0.15, -0.1) is 0 Å². The molecule has 11 amide bonds. The number of rotatable bonds is 24. The number of carbonyl (C=O) groups excluding carboxylic acids is 12. The van der Waals surface area contributed by atoms with E-state index in [-0.39, 0.29) is 64.3 Å². The van der Waals surface area contributed by atoms with Gasteiger partial charge in [0.25, 0.3) is 23.6 Å². The Kier molecular flexibility index (Phi) is 18.0.